The van der Waals surface area contributed by atoms with Crippen molar-refractivity contribution in [1.82, 2.24) is 0 Å². The van der Waals surface area contributed by atoms with E-state index in [0.717, 1.165) is 6.54 Å². The van der Waals surface area contributed by atoms with E-state index in [1.807, 2.05) is 11.8 Å². The minimum atomic E-state index is 0.335. The molecule has 1 aliphatic rings. The Kier molecular flexibility index (Phi) is 2.58. The highest BCUT2D eigenvalue weighted by molar-refractivity contribution is 7.98. The second-order valence-corrected chi connectivity index (χ2v) is 5.02. The maximum absolute atomic E-state index is 5.82. The van der Waals surface area contributed by atoms with Gasteiger partial charge < -0.3 is 5.73 Å². The van der Waals surface area contributed by atoms with Gasteiger partial charge in [-0.2, -0.15) is 0 Å². The molecular weight excluding hydrogens is 190 g/mol. The number of hydrogen-bond acceptors (Lipinski definition) is 2. The van der Waals surface area contributed by atoms with E-state index >= 15 is 0 Å². The van der Waals surface area contributed by atoms with Crippen molar-refractivity contribution >= 4 is 11.8 Å². The van der Waals surface area contributed by atoms with Crippen LogP contribution in [0.2, 0.25) is 0 Å². The largest absolute Gasteiger partial charge is 0.330 e. The molecule has 14 heavy (non-hydrogen) atoms. The highest BCUT2D eigenvalue weighted by atomic mass is 32.2. The van der Waals surface area contributed by atoms with Crippen LogP contribution in [0.25, 0.3) is 0 Å². The summed E-state index contributed by atoms with van der Waals surface area (Å²) in [6.45, 7) is 2.98. The molecule has 0 spiro atoms. The average molecular weight is 207 g/mol. The van der Waals surface area contributed by atoms with Gasteiger partial charge in [-0.15, -0.1) is 11.8 Å². The second kappa shape index (κ2) is 3.59. The quantitative estimate of drug-likeness (QED) is 0.771. The van der Waals surface area contributed by atoms with E-state index < -0.39 is 0 Å². The molecule has 1 nitrogen and oxygen atoms in total. The average Bonchev–Trinajstić information content (AvgIpc) is 2.98. The summed E-state index contributed by atoms with van der Waals surface area (Å²) in [5, 5.41) is 0. The number of hydrogen-bond donors (Lipinski definition) is 1. The SMILES string of the molecule is CSc1ccc(C2(CN)CC2)cc1C. The topological polar surface area (TPSA) is 26.0 Å². The van der Waals surface area contributed by atoms with E-state index in [9.17, 15) is 0 Å². The Morgan fingerprint density at radius 2 is 2.14 bits per heavy atom. The fraction of sp³-hybridized carbons (Fsp3) is 0.500. The summed E-state index contributed by atoms with van der Waals surface area (Å²) >= 11 is 1.81. The van der Waals surface area contributed by atoms with Gasteiger partial charge in [0.25, 0.3) is 0 Å². The monoisotopic (exact) mass is 207 g/mol. The van der Waals surface area contributed by atoms with Crippen LogP contribution >= 0.6 is 11.8 Å². The lowest BCUT2D eigenvalue weighted by atomic mass is 9.95. The number of nitrogens with two attached hydrogens (primary N) is 1. The van der Waals surface area contributed by atoms with Crippen LogP contribution in [0.15, 0.2) is 23.1 Å². The van der Waals surface area contributed by atoms with Gasteiger partial charge >= 0.3 is 0 Å². The number of thioether (sulfide) groups is 1. The Morgan fingerprint density at radius 1 is 1.43 bits per heavy atom. The van der Waals surface area contributed by atoms with Crippen molar-refractivity contribution < 1.29 is 0 Å². The summed E-state index contributed by atoms with van der Waals surface area (Å²) in [6, 6.07) is 6.79. The van der Waals surface area contributed by atoms with E-state index in [4.69, 9.17) is 5.73 Å². The van der Waals surface area contributed by atoms with Crippen molar-refractivity contribution in [3.63, 3.8) is 0 Å². The molecule has 0 saturated heterocycles. The third-order valence-electron chi connectivity index (χ3n) is 3.25. The second-order valence-electron chi connectivity index (χ2n) is 4.17. The maximum Gasteiger partial charge on any atom is 0.00985 e. The highest BCUT2D eigenvalue weighted by Crippen LogP contribution is 2.47. The van der Waals surface area contributed by atoms with E-state index in [-0.39, 0.29) is 0 Å². The molecule has 2 rings (SSSR count). The molecule has 1 fully saturated rings. The van der Waals surface area contributed by atoms with Crippen LogP contribution in [0.4, 0.5) is 0 Å². The molecule has 1 aliphatic carbocycles. The predicted molar refractivity (Wildman–Crippen MR) is 62.9 cm³/mol. The van der Waals surface area contributed by atoms with Gasteiger partial charge in [0.2, 0.25) is 0 Å². The van der Waals surface area contributed by atoms with Crippen molar-refractivity contribution in [3.8, 4) is 0 Å². The van der Waals surface area contributed by atoms with Gasteiger partial charge in [0.05, 0.1) is 0 Å². The summed E-state index contributed by atoms with van der Waals surface area (Å²) in [4.78, 5) is 1.38. The molecule has 2 N–H and O–H groups in total. The lowest BCUT2D eigenvalue weighted by Crippen LogP contribution is -2.19. The van der Waals surface area contributed by atoms with E-state index in [1.54, 1.807) is 0 Å². The summed E-state index contributed by atoms with van der Waals surface area (Å²) in [5.74, 6) is 0. The van der Waals surface area contributed by atoms with Crippen LogP contribution in [0.3, 0.4) is 0 Å². The molecule has 1 saturated carbocycles. The molecule has 0 unspecified atom stereocenters. The van der Waals surface area contributed by atoms with Crippen molar-refractivity contribution in [3.05, 3.63) is 29.3 Å². The van der Waals surface area contributed by atoms with Gasteiger partial charge in [0.15, 0.2) is 0 Å². The molecule has 1 aromatic carbocycles. The number of benzene rings is 1. The van der Waals surface area contributed by atoms with Crippen LogP contribution in [0, 0.1) is 6.92 Å². The fourth-order valence-corrected chi connectivity index (χ4v) is 2.55. The van der Waals surface area contributed by atoms with E-state index in [0.29, 0.717) is 5.41 Å². The summed E-state index contributed by atoms with van der Waals surface area (Å²) in [7, 11) is 0. The molecule has 0 aromatic heterocycles. The molecule has 2 heteroatoms. The molecular formula is C12H17NS. The van der Waals surface area contributed by atoms with Gasteiger partial charge in [-0.05, 0) is 43.2 Å². The summed E-state index contributed by atoms with van der Waals surface area (Å²) in [5.41, 5.74) is 8.98. The van der Waals surface area contributed by atoms with Crippen molar-refractivity contribution in [2.45, 2.75) is 30.1 Å². The van der Waals surface area contributed by atoms with Crippen LogP contribution in [-0.2, 0) is 5.41 Å². The first-order chi connectivity index (χ1) is 6.72. The van der Waals surface area contributed by atoms with Gasteiger partial charge in [-0.25, -0.2) is 0 Å². The Balaban J connectivity index is 2.33. The van der Waals surface area contributed by atoms with Crippen molar-refractivity contribution in [1.29, 1.82) is 0 Å². The summed E-state index contributed by atoms with van der Waals surface area (Å²) < 4.78 is 0. The normalized spacial score (nSPS) is 18.2. The van der Waals surface area contributed by atoms with E-state index in [2.05, 4.69) is 31.4 Å². The first kappa shape index (κ1) is 10.1. The first-order valence-electron chi connectivity index (χ1n) is 5.07. The molecule has 0 bridgehead atoms. The maximum atomic E-state index is 5.82. The highest BCUT2D eigenvalue weighted by Gasteiger charge is 2.42. The van der Waals surface area contributed by atoms with Gasteiger partial charge in [-0.1, -0.05) is 12.1 Å². The van der Waals surface area contributed by atoms with Crippen LogP contribution in [-0.4, -0.2) is 12.8 Å². The molecule has 76 valence electrons. The lowest BCUT2D eigenvalue weighted by molar-refractivity contribution is 0.703. The number of rotatable bonds is 3. The molecule has 0 atom stereocenters. The third kappa shape index (κ3) is 1.57. The lowest BCUT2D eigenvalue weighted by Gasteiger charge is -2.14. The van der Waals surface area contributed by atoms with Gasteiger partial charge in [0, 0.05) is 16.9 Å². The Bertz CT molecular complexity index is 342. The van der Waals surface area contributed by atoms with Crippen molar-refractivity contribution in [2.75, 3.05) is 12.8 Å². The van der Waals surface area contributed by atoms with Crippen LogP contribution < -0.4 is 5.73 Å². The molecule has 0 heterocycles. The standard InChI is InChI=1S/C12H17NS/c1-9-7-10(3-4-11(9)14-2)12(8-13)5-6-12/h3-4,7H,5-6,8,13H2,1-2H3. The Hall–Kier alpha value is -0.470. The van der Waals surface area contributed by atoms with Gasteiger partial charge in [0.1, 0.15) is 0 Å². The summed E-state index contributed by atoms with van der Waals surface area (Å²) in [6.07, 6.45) is 4.65. The number of aryl methyl sites for hydroxylation is 1. The minimum absolute atomic E-state index is 0.335. The van der Waals surface area contributed by atoms with Crippen LogP contribution in [0.1, 0.15) is 24.0 Å². The smallest absolute Gasteiger partial charge is 0.00985 e. The fourth-order valence-electron chi connectivity index (χ4n) is 1.97. The minimum Gasteiger partial charge on any atom is -0.330 e. The Morgan fingerprint density at radius 3 is 2.57 bits per heavy atom. The zero-order chi connectivity index (χ0) is 10.2. The van der Waals surface area contributed by atoms with Crippen LogP contribution in [0.5, 0.6) is 0 Å². The molecule has 1 aromatic rings. The molecule has 0 amide bonds. The molecule has 0 radical (unpaired) electrons. The van der Waals surface area contributed by atoms with Gasteiger partial charge in [-0.3, -0.25) is 0 Å². The third-order valence-corrected chi connectivity index (χ3v) is 4.15. The molecule has 0 aliphatic heterocycles. The first-order valence-corrected chi connectivity index (χ1v) is 6.29. The Labute approximate surface area is 90.1 Å². The zero-order valence-corrected chi connectivity index (χ0v) is 9.66. The predicted octanol–water partition coefficient (Wildman–Crippen LogP) is 2.71. The van der Waals surface area contributed by atoms with Crippen molar-refractivity contribution in [2.24, 2.45) is 5.73 Å². The van der Waals surface area contributed by atoms with E-state index in [1.165, 1.54) is 28.9 Å². The zero-order valence-electron chi connectivity index (χ0n) is 8.84.